The van der Waals surface area contributed by atoms with Crippen molar-refractivity contribution < 1.29 is 4.39 Å². The zero-order valence-electron chi connectivity index (χ0n) is 7.85. The molecule has 0 amide bonds. The van der Waals surface area contributed by atoms with Gasteiger partial charge in [-0.3, -0.25) is 9.97 Å². The van der Waals surface area contributed by atoms with Crippen molar-refractivity contribution in [3.8, 4) is 10.6 Å². The van der Waals surface area contributed by atoms with E-state index < -0.39 is 0 Å². The molecule has 2 rings (SSSR count). The third kappa shape index (κ3) is 2.10. The molecule has 0 aliphatic heterocycles. The van der Waals surface area contributed by atoms with Gasteiger partial charge in [0, 0.05) is 12.4 Å². The summed E-state index contributed by atoms with van der Waals surface area (Å²) in [7, 11) is 0. The quantitative estimate of drug-likeness (QED) is 0.774. The van der Waals surface area contributed by atoms with Crippen LogP contribution in [0.5, 0.6) is 0 Å². The highest BCUT2D eigenvalue weighted by Crippen LogP contribution is 2.30. The summed E-state index contributed by atoms with van der Waals surface area (Å²) in [5.74, 6) is -0.310. The van der Waals surface area contributed by atoms with Gasteiger partial charge >= 0.3 is 0 Å². The topological polar surface area (TPSA) is 25.8 Å². The SMILES string of the molecule is [CH2]/C=C(\F)c1ccc(-c2cnccn2)s1. The second kappa shape index (κ2) is 4.31. The van der Waals surface area contributed by atoms with Gasteiger partial charge in [-0.05, 0) is 25.1 Å². The standard InChI is InChI=1S/C11H8FN2S/c1-2-8(12)10-3-4-11(15-10)9-7-13-5-6-14-9/h2-7H,1H2/b8-2-. The third-order valence-corrected chi connectivity index (χ3v) is 2.95. The number of allylic oxidation sites excluding steroid dienone is 1. The Kier molecular flexibility index (Phi) is 2.87. The Morgan fingerprint density at radius 1 is 1.40 bits per heavy atom. The fraction of sp³-hybridized carbons (Fsp3) is 0. The number of nitrogens with zero attached hydrogens (tertiary/aromatic N) is 2. The molecule has 0 bridgehead atoms. The minimum absolute atomic E-state index is 0.310. The molecule has 0 atom stereocenters. The number of rotatable bonds is 2. The molecule has 2 aromatic rings. The second-order valence-electron chi connectivity index (χ2n) is 2.81. The lowest BCUT2D eigenvalue weighted by atomic mass is 10.3. The molecule has 0 fully saturated rings. The molecule has 2 nitrogen and oxygen atoms in total. The number of hydrogen-bond donors (Lipinski definition) is 0. The van der Waals surface area contributed by atoms with Crippen molar-refractivity contribution in [3.05, 3.63) is 48.6 Å². The normalized spacial score (nSPS) is 11.7. The highest BCUT2D eigenvalue weighted by molar-refractivity contribution is 7.16. The highest BCUT2D eigenvalue weighted by Gasteiger charge is 2.06. The van der Waals surface area contributed by atoms with Crippen molar-refractivity contribution in [1.29, 1.82) is 0 Å². The number of thiophene rings is 1. The van der Waals surface area contributed by atoms with Crippen LogP contribution in [0.4, 0.5) is 4.39 Å². The first kappa shape index (κ1) is 9.98. The van der Waals surface area contributed by atoms with E-state index in [1.165, 1.54) is 17.4 Å². The Morgan fingerprint density at radius 2 is 2.27 bits per heavy atom. The molecule has 0 saturated carbocycles. The fourth-order valence-corrected chi connectivity index (χ4v) is 2.03. The van der Waals surface area contributed by atoms with E-state index in [-0.39, 0.29) is 5.83 Å². The summed E-state index contributed by atoms with van der Waals surface area (Å²) < 4.78 is 13.2. The maximum Gasteiger partial charge on any atom is 0.136 e. The average molecular weight is 219 g/mol. The Bertz CT molecular complexity index is 476. The van der Waals surface area contributed by atoms with Gasteiger partial charge in [0.15, 0.2) is 0 Å². The van der Waals surface area contributed by atoms with Crippen LogP contribution in [0, 0.1) is 6.92 Å². The molecule has 0 unspecified atom stereocenters. The van der Waals surface area contributed by atoms with Gasteiger partial charge in [0.25, 0.3) is 0 Å². The van der Waals surface area contributed by atoms with Gasteiger partial charge in [-0.25, -0.2) is 4.39 Å². The Morgan fingerprint density at radius 3 is 2.93 bits per heavy atom. The molecule has 75 valence electrons. The van der Waals surface area contributed by atoms with Crippen LogP contribution in [0.25, 0.3) is 16.4 Å². The molecular formula is C11H8FN2S. The van der Waals surface area contributed by atoms with Gasteiger partial charge in [0.1, 0.15) is 5.83 Å². The van der Waals surface area contributed by atoms with Crippen LogP contribution in [0.1, 0.15) is 4.88 Å². The zero-order valence-corrected chi connectivity index (χ0v) is 8.67. The molecule has 0 aromatic carbocycles. The molecule has 2 heterocycles. The lowest BCUT2D eigenvalue weighted by molar-refractivity contribution is 0.764. The van der Waals surface area contributed by atoms with Crippen LogP contribution in [0.2, 0.25) is 0 Å². The van der Waals surface area contributed by atoms with E-state index >= 15 is 0 Å². The van der Waals surface area contributed by atoms with Crippen molar-refractivity contribution in [1.82, 2.24) is 9.97 Å². The smallest absolute Gasteiger partial charge is 0.136 e. The van der Waals surface area contributed by atoms with E-state index in [4.69, 9.17) is 0 Å². The fourth-order valence-electron chi connectivity index (χ4n) is 1.13. The summed E-state index contributed by atoms with van der Waals surface area (Å²) in [6.45, 7) is 3.39. The first-order chi connectivity index (χ1) is 7.31. The van der Waals surface area contributed by atoms with Gasteiger partial charge in [0.05, 0.1) is 21.6 Å². The summed E-state index contributed by atoms with van der Waals surface area (Å²) in [6, 6.07) is 3.54. The Hall–Kier alpha value is -1.55. The van der Waals surface area contributed by atoms with Crippen LogP contribution in [-0.2, 0) is 0 Å². The number of aromatic nitrogens is 2. The highest BCUT2D eigenvalue weighted by atomic mass is 32.1. The maximum atomic E-state index is 13.2. The van der Waals surface area contributed by atoms with E-state index in [1.54, 1.807) is 24.7 Å². The minimum atomic E-state index is -0.310. The largest absolute Gasteiger partial charge is 0.261 e. The molecule has 1 radical (unpaired) electrons. The average Bonchev–Trinajstić information content (AvgIpc) is 2.78. The second-order valence-corrected chi connectivity index (χ2v) is 3.89. The van der Waals surface area contributed by atoms with E-state index in [2.05, 4.69) is 16.9 Å². The van der Waals surface area contributed by atoms with Crippen LogP contribution in [-0.4, -0.2) is 9.97 Å². The zero-order chi connectivity index (χ0) is 10.7. The first-order valence-electron chi connectivity index (χ1n) is 4.33. The van der Waals surface area contributed by atoms with Crippen molar-refractivity contribution in [2.45, 2.75) is 0 Å². The molecule has 0 saturated heterocycles. The molecule has 0 aliphatic rings. The Balaban J connectivity index is 2.36. The lowest BCUT2D eigenvalue weighted by Gasteiger charge is -1.93. The van der Waals surface area contributed by atoms with Gasteiger partial charge in [0.2, 0.25) is 0 Å². The van der Waals surface area contributed by atoms with Crippen LogP contribution in [0.3, 0.4) is 0 Å². The van der Waals surface area contributed by atoms with Gasteiger partial charge in [-0.1, -0.05) is 0 Å². The van der Waals surface area contributed by atoms with Crippen molar-refractivity contribution in [2.24, 2.45) is 0 Å². The van der Waals surface area contributed by atoms with E-state index in [0.717, 1.165) is 10.6 Å². The van der Waals surface area contributed by atoms with Gasteiger partial charge in [-0.2, -0.15) is 0 Å². The summed E-state index contributed by atoms with van der Waals surface area (Å²) in [5.41, 5.74) is 0.755. The molecule has 4 heteroatoms. The summed E-state index contributed by atoms with van der Waals surface area (Å²) >= 11 is 1.33. The number of halogens is 1. The molecule has 2 aromatic heterocycles. The summed E-state index contributed by atoms with van der Waals surface area (Å²) in [6.07, 6.45) is 6.07. The van der Waals surface area contributed by atoms with Crippen LogP contribution >= 0.6 is 11.3 Å². The van der Waals surface area contributed by atoms with Crippen LogP contribution in [0.15, 0.2) is 36.8 Å². The minimum Gasteiger partial charge on any atom is -0.261 e. The summed E-state index contributed by atoms with van der Waals surface area (Å²) in [4.78, 5) is 9.56. The van der Waals surface area contributed by atoms with Crippen molar-refractivity contribution in [2.75, 3.05) is 0 Å². The number of hydrogen-bond acceptors (Lipinski definition) is 3. The molecule has 0 aliphatic carbocycles. The maximum absolute atomic E-state index is 13.2. The van der Waals surface area contributed by atoms with E-state index in [0.29, 0.717) is 4.88 Å². The molecule has 0 N–H and O–H groups in total. The lowest BCUT2D eigenvalue weighted by Crippen LogP contribution is -1.79. The van der Waals surface area contributed by atoms with Crippen LogP contribution < -0.4 is 0 Å². The molecule has 0 spiro atoms. The van der Waals surface area contributed by atoms with Crippen molar-refractivity contribution in [3.63, 3.8) is 0 Å². The van der Waals surface area contributed by atoms with E-state index in [9.17, 15) is 4.39 Å². The molecular weight excluding hydrogens is 211 g/mol. The molecule has 15 heavy (non-hydrogen) atoms. The van der Waals surface area contributed by atoms with Gasteiger partial charge < -0.3 is 0 Å². The monoisotopic (exact) mass is 219 g/mol. The summed E-state index contributed by atoms with van der Waals surface area (Å²) in [5, 5.41) is 0. The predicted octanol–water partition coefficient (Wildman–Crippen LogP) is 3.35. The third-order valence-electron chi connectivity index (χ3n) is 1.84. The van der Waals surface area contributed by atoms with E-state index in [1.807, 2.05) is 6.07 Å². The first-order valence-corrected chi connectivity index (χ1v) is 5.14. The predicted molar refractivity (Wildman–Crippen MR) is 59.8 cm³/mol. The van der Waals surface area contributed by atoms with Crippen molar-refractivity contribution >= 4 is 17.2 Å². The Labute approximate surface area is 91.1 Å². The van der Waals surface area contributed by atoms with Gasteiger partial charge in [-0.15, -0.1) is 11.3 Å².